The highest BCUT2D eigenvalue weighted by molar-refractivity contribution is 5.73. The molecule has 0 aliphatic heterocycles. The lowest BCUT2D eigenvalue weighted by Gasteiger charge is -1.96. The van der Waals surface area contributed by atoms with Crippen LogP contribution in [0.15, 0.2) is 18.6 Å². The highest BCUT2D eigenvalue weighted by Crippen LogP contribution is 2.39. The number of nitrogens with zero attached hydrogens (tertiary/aromatic N) is 3. The molecule has 2 heterocycles. The molecule has 2 aromatic rings. The maximum absolute atomic E-state index is 10.7. The van der Waals surface area contributed by atoms with E-state index in [1.165, 1.54) is 0 Å². The minimum atomic E-state index is -0.855. The first kappa shape index (κ1) is 9.33. The molecule has 0 atom stereocenters. The molecule has 1 saturated carbocycles. The molecule has 5 nitrogen and oxygen atoms in total. The number of rotatable bonds is 3. The average Bonchev–Trinajstić information content (AvgIpc) is 3.03. The van der Waals surface area contributed by atoms with Gasteiger partial charge < -0.3 is 9.51 Å². The van der Waals surface area contributed by atoms with Crippen LogP contribution in [0.1, 0.15) is 30.3 Å². The first-order chi connectivity index (χ1) is 7.75. The molecule has 0 radical (unpaired) electrons. The highest BCUT2D eigenvalue weighted by atomic mass is 16.4. The molecule has 1 aliphatic carbocycles. The van der Waals surface area contributed by atoms with Gasteiger partial charge in [-0.2, -0.15) is 0 Å². The topological polar surface area (TPSA) is 67.5 Å². The lowest BCUT2D eigenvalue weighted by Crippen LogP contribution is -2.00. The molecule has 1 fully saturated rings. The summed E-state index contributed by atoms with van der Waals surface area (Å²) in [6.45, 7) is 0. The number of aromatic nitrogens is 3. The maximum Gasteiger partial charge on any atom is 0.309 e. The summed E-state index contributed by atoms with van der Waals surface area (Å²) in [5, 5.41) is 8.82. The number of fused-ring (bicyclic) bond motifs is 1. The maximum atomic E-state index is 10.7. The third-order valence-electron chi connectivity index (χ3n) is 2.81. The van der Waals surface area contributed by atoms with Gasteiger partial charge in [-0.3, -0.25) is 9.78 Å². The molecule has 0 unspecified atom stereocenters. The predicted molar refractivity (Wildman–Crippen MR) is 56.3 cm³/mol. The van der Waals surface area contributed by atoms with Gasteiger partial charge in [0.25, 0.3) is 0 Å². The summed E-state index contributed by atoms with van der Waals surface area (Å²) in [6, 6.07) is 0. The van der Waals surface area contributed by atoms with E-state index in [1.807, 2.05) is 10.6 Å². The Bertz CT molecular complexity index is 557. The molecule has 2 aromatic heterocycles. The van der Waals surface area contributed by atoms with Crippen molar-refractivity contribution in [1.82, 2.24) is 14.4 Å². The molecule has 0 saturated heterocycles. The van der Waals surface area contributed by atoms with Crippen molar-refractivity contribution < 1.29 is 9.90 Å². The van der Waals surface area contributed by atoms with Gasteiger partial charge in [0.2, 0.25) is 0 Å². The summed E-state index contributed by atoms with van der Waals surface area (Å²) in [5.74, 6) is 0.622. The predicted octanol–water partition coefficient (Wildman–Crippen LogP) is 1.23. The summed E-state index contributed by atoms with van der Waals surface area (Å²) in [4.78, 5) is 19.2. The number of imidazole rings is 1. The Hall–Kier alpha value is -1.91. The lowest BCUT2D eigenvalue weighted by molar-refractivity contribution is -0.136. The van der Waals surface area contributed by atoms with Gasteiger partial charge in [-0.1, -0.05) is 0 Å². The Balaban J connectivity index is 2.16. The van der Waals surface area contributed by atoms with Crippen LogP contribution in [-0.4, -0.2) is 25.4 Å². The van der Waals surface area contributed by atoms with Crippen molar-refractivity contribution in [3.63, 3.8) is 0 Å². The molecule has 0 spiro atoms. The minimum Gasteiger partial charge on any atom is -0.481 e. The number of carboxylic acids is 1. The second-order valence-electron chi connectivity index (χ2n) is 4.09. The van der Waals surface area contributed by atoms with Crippen molar-refractivity contribution in [3.8, 4) is 0 Å². The number of hydrogen-bond donors (Lipinski definition) is 1. The fourth-order valence-corrected chi connectivity index (χ4v) is 1.93. The van der Waals surface area contributed by atoms with Crippen molar-refractivity contribution in [2.24, 2.45) is 0 Å². The Labute approximate surface area is 91.8 Å². The fraction of sp³-hybridized carbons (Fsp3) is 0.364. The number of hydrogen-bond acceptors (Lipinski definition) is 3. The van der Waals surface area contributed by atoms with Gasteiger partial charge in [0, 0.05) is 18.3 Å². The van der Waals surface area contributed by atoms with Crippen molar-refractivity contribution in [2.75, 3.05) is 0 Å². The van der Waals surface area contributed by atoms with Crippen LogP contribution in [-0.2, 0) is 11.2 Å². The van der Waals surface area contributed by atoms with Crippen molar-refractivity contribution in [1.29, 1.82) is 0 Å². The van der Waals surface area contributed by atoms with Gasteiger partial charge in [-0.25, -0.2) is 4.98 Å². The zero-order valence-electron chi connectivity index (χ0n) is 8.63. The summed E-state index contributed by atoms with van der Waals surface area (Å²) in [7, 11) is 0. The molecule has 0 bridgehead atoms. The molecule has 1 aliphatic rings. The van der Waals surface area contributed by atoms with Crippen LogP contribution in [0.5, 0.6) is 0 Å². The molecule has 0 amide bonds. The SMILES string of the molecule is O=C(O)Cc1nc(C2CC2)n2ccncc12. The van der Waals surface area contributed by atoms with E-state index in [-0.39, 0.29) is 6.42 Å². The third kappa shape index (κ3) is 1.44. The summed E-state index contributed by atoms with van der Waals surface area (Å²) < 4.78 is 1.96. The van der Waals surface area contributed by atoms with E-state index in [2.05, 4.69) is 9.97 Å². The Morgan fingerprint density at radius 3 is 3.06 bits per heavy atom. The Morgan fingerprint density at radius 2 is 2.38 bits per heavy atom. The van der Waals surface area contributed by atoms with Gasteiger partial charge in [0.05, 0.1) is 23.8 Å². The molecule has 1 N–H and O–H groups in total. The highest BCUT2D eigenvalue weighted by Gasteiger charge is 2.29. The smallest absolute Gasteiger partial charge is 0.309 e. The molecular formula is C11H11N3O2. The first-order valence-electron chi connectivity index (χ1n) is 5.28. The van der Waals surface area contributed by atoms with E-state index in [9.17, 15) is 4.79 Å². The van der Waals surface area contributed by atoms with Gasteiger partial charge in [0.1, 0.15) is 5.82 Å². The lowest BCUT2D eigenvalue weighted by atomic mass is 10.3. The molecule has 0 aromatic carbocycles. The molecule has 16 heavy (non-hydrogen) atoms. The average molecular weight is 217 g/mol. The van der Waals surface area contributed by atoms with Gasteiger partial charge >= 0.3 is 5.97 Å². The van der Waals surface area contributed by atoms with Gasteiger partial charge in [-0.05, 0) is 12.8 Å². The Kier molecular flexibility index (Phi) is 1.92. The van der Waals surface area contributed by atoms with Crippen LogP contribution >= 0.6 is 0 Å². The van der Waals surface area contributed by atoms with Crippen LogP contribution in [0.3, 0.4) is 0 Å². The number of aliphatic carboxylic acids is 1. The largest absolute Gasteiger partial charge is 0.481 e. The van der Waals surface area contributed by atoms with Crippen molar-refractivity contribution in [2.45, 2.75) is 25.2 Å². The van der Waals surface area contributed by atoms with Crippen LogP contribution in [0.2, 0.25) is 0 Å². The molecule has 3 rings (SSSR count). The molecular weight excluding hydrogens is 206 g/mol. The zero-order chi connectivity index (χ0) is 11.1. The monoisotopic (exact) mass is 217 g/mol. The minimum absolute atomic E-state index is 0.0398. The van der Waals surface area contributed by atoms with Crippen molar-refractivity contribution >= 4 is 11.5 Å². The second kappa shape index (κ2) is 3.30. The quantitative estimate of drug-likeness (QED) is 0.839. The summed E-state index contributed by atoms with van der Waals surface area (Å²) >= 11 is 0. The van der Waals surface area contributed by atoms with E-state index < -0.39 is 5.97 Å². The van der Waals surface area contributed by atoms with Crippen LogP contribution < -0.4 is 0 Å². The van der Waals surface area contributed by atoms with Crippen LogP contribution in [0, 0.1) is 0 Å². The zero-order valence-corrected chi connectivity index (χ0v) is 8.63. The number of carbonyl (C=O) groups is 1. The van der Waals surface area contributed by atoms with Crippen LogP contribution in [0.4, 0.5) is 0 Å². The summed E-state index contributed by atoms with van der Waals surface area (Å²) in [6.07, 6.45) is 7.48. The van der Waals surface area contributed by atoms with Crippen LogP contribution in [0.25, 0.3) is 5.52 Å². The summed E-state index contributed by atoms with van der Waals surface area (Å²) in [5.41, 5.74) is 1.43. The van der Waals surface area contributed by atoms with E-state index in [4.69, 9.17) is 5.11 Å². The van der Waals surface area contributed by atoms with E-state index in [0.29, 0.717) is 11.6 Å². The normalized spacial score (nSPS) is 15.5. The fourth-order valence-electron chi connectivity index (χ4n) is 1.93. The molecule has 5 heteroatoms. The molecule has 82 valence electrons. The van der Waals surface area contributed by atoms with Gasteiger partial charge in [-0.15, -0.1) is 0 Å². The Morgan fingerprint density at radius 1 is 1.56 bits per heavy atom. The first-order valence-corrected chi connectivity index (χ1v) is 5.28. The number of carboxylic acid groups (broad SMARTS) is 1. The van der Waals surface area contributed by atoms with E-state index in [1.54, 1.807) is 12.4 Å². The second-order valence-corrected chi connectivity index (χ2v) is 4.09. The standard InChI is InChI=1S/C11H11N3O2/c15-10(16)5-8-9-6-12-3-4-14(9)11(13-8)7-1-2-7/h3-4,6-7H,1-2,5H2,(H,15,16). The van der Waals surface area contributed by atoms with E-state index in [0.717, 1.165) is 24.2 Å². The third-order valence-corrected chi connectivity index (χ3v) is 2.81. The van der Waals surface area contributed by atoms with Gasteiger partial charge in [0.15, 0.2) is 0 Å². The van der Waals surface area contributed by atoms with Crippen molar-refractivity contribution in [3.05, 3.63) is 30.1 Å². The van der Waals surface area contributed by atoms with E-state index >= 15 is 0 Å².